The summed E-state index contributed by atoms with van der Waals surface area (Å²) in [4.78, 5) is 15.2. The Morgan fingerprint density at radius 1 is 0.778 bits per heavy atom. The highest BCUT2D eigenvalue weighted by Crippen LogP contribution is 2.18. The van der Waals surface area contributed by atoms with Crippen LogP contribution in [0.25, 0.3) is 0 Å². The van der Waals surface area contributed by atoms with Gasteiger partial charge in [-0.15, -0.1) is 0 Å². The van der Waals surface area contributed by atoms with Gasteiger partial charge in [-0.1, -0.05) is 73.5 Å². The van der Waals surface area contributed by atoms with E-state index in [0.29, 0.717) is 12.1 Å². The number of unbranched alkanes of at least 4 members (excludes halogenated alkanes) is 4. The SMILES string of the molecule is Cc1cc(C(=O)CN(CCCCCCOCCCCc2ccccc2)Cc2ccccc2)ccc1O. The average molecular weight is 488 g/mol. The first-order valence-corrected chi connectivity index (χ1v) is 13.3. The van der Waals surface area contributed by atoms with Crippen molar-refractivity contribution >= 4 is 5.78 Å². The molecule has 0 aliphatic heterocycles. The number of carbonyl (C=O) groups is 1. The maximum Gasteiger partial charge on any atom is 0.176 e. The zero-order valence-electron chi connectivity index (χ0n) is 21.7. The monoisotopic (exact) mass is 487 g/mol. The fourth-order valence-corrected chi connectivity index (χ4v) is 4.35. The third-order valence-electron chi connectivity index (χ3n) is 6.49. The van der Waals surface area contributed by atoms with Gasteiger partial charge < -0.3 is 9.84 Å². The van der Waals surface area contributed by atoms with Crippen molar-refractivity contribution in [2.45, 2.75) is 58.4 Å². The molecule has 0 aliphatic carbocycles. The molecule has 0 heterocycles. The number of hydrogen-bond acceptors (Lipinski definition) is 4. The van der Waals surface area contributed by atoms with Gasteiger partial charge in [-0.05, 0) is 80.5 Å². The van der Waals surface area contributed by atoms with Gasteiger partial charge in [0, 0.05) is 25.3 Å². The number of Topliss-reactive ketones (excluding diaryl/α,β-unsaturated/α-hetero) is 1. The molecular weight excluding hydrogens is 446 g/mol. The standard InChI is InChI=1S/C32H41NO3/c1-27-24-30(19-20-31(27)34)32(35)26-33(25-29-17-8-5-9-18-29)21-11-2-3-12-22-36-23-13-10-16-28-14-6-4-7-15-28/h4-9,14-15,17-20,24,34H,2-3,10-13,16,21-23,25-26H2,1H3. The zero-order chi connectivity index (χ0) is 25.4. The van der Waals surface area contributed by atoms with Crippen LogP contribution in [0.3, 0.4) is 0 Å². The number of rotatable bonds is 17. The molecule has 1 N–H and O–H groups in total. The van der Waals surface area contributed by atoms with Crippen molar-refractivity contribution in [2.24, 2.45) is 0 Å². The van der Waals surface area contributed by atoms with E-state index in [1.54, 1.807) is 18.2 Å². The second kappa shape index (κ2) is 15.9. The van der Waals surface area contributed by atoms with E-state index in [1.165, 1.54) is 17.5 Å². The predicted molar refractivity (Wildman–Crippen MR) is 148 cm³/mol. The lowest BCUT2D eigenvalue weighted by Gasteiger charge is -2.22. The summed E-state index contributed by atoms with van der Waals surface area (Å²) in [5.74, 6) is 0.318. The van der Waals surface area contributed by atoms with E-state index in [4.69, 9.17) is 4.74 Å². The van der Waals surface area contributed by atoms with E-state index in [1.807, 2.05) is 25.1 Å². The van der Waals surface area contributed by atoms with Crippen molar-refractivity contribution in [3.8, 4) is 5.75 Å². The number of hydrogen-bond donors (Lipinski definition) is 1. The molecule has 0 aliphatic rings. The first kappa shape index (κ1) is 27.6. The second-order valence-corrected chi connectivity index (χ2v) is 9.59. The summed E-state index contributed by atoms with van der Waals surface area (Å²) in [7, 11) is 0. The number of nitrogens with zero attached hydrogens (tertiary/aromatic N) is 1. The number of aromatic hydroxyl groups is 1. The minimum Gasteiger partial charge on any atom is -0.508 e. The normalized spacial score (nSPS) is 11.2. The lowest BCUT2D eigenvalue weighted by atomic mass is 10.1. The van der Waals surface area contributed by atoms with E-state index in [0.717, 1.165) is 70.4 Å². The Balaban J connectivity index is 1.32. The van der Waals surface area contributed by atoms with Crippen molar-refractivity contribution in [1.29, 1.82) is 0 Å². The largest absolute Gasteiger partial charge is 0.508 e. The van der Waals surface area contributed by atoms with Gasteiger partial charge in [-0.25, -0.2) is 0 Å². The number of aryl methyl sites for hydroxylation is 2. The first-order chi connectivity index (χ1) is 17.6. The Kier molecular flexibility index (Phi) is 12.2. The molecule has 0 radical (unpaired) electrons. The Morgan fingerprint density at radius 2 is 1.42 bits per heavy atom. The lowest BCUT2D eigenvalue weighted by molar-refractivity contribution is 0.0923. The summed E-state index contributed by atoms with van der Waals surface area (Å²) in [6.07, 6.45) is 7.83. The summed E-state index contributed by atoms with van der Waals surface area (Å²) >= 11 is 0. The highest BCUT2D eigenvalue weighted by molar-refractivity contribution is 5.97. The molecule has 0 unspecified atom stereocenters. The summed E-state index contributed by atoms with van der Waals surface area (Å²) in [5.41, 5.74) is 4.00. The quantitative estimate of drug-likeness (QED) is 0.165. The number of benzene rings is 3. The number of ketones is 1. The van der Waals surface area contributed by atoms with E-state index >= 15 is 0 Å². The van der Waals surface area contributed by atoms with Crippen LogP contribution in [-0.4, -0.2) is 42.1 Å². The third kappa shape index (κ3) is 10.3. The van der Waals surface area contributed by atoms with Crippen molar-refractivity contribution < 1.29 is 14.6 Å². The minimum absolute atomic E-state index is 0.0923. The maximum atomic E-state index is 12.9. The molecule has 4 nitrogen and oxygen atoms in total. The Bertz CT molecular complexity index is 1020. The molecule has 4 heteroatoms. The van der Waals surface area contributed by atoms with Gasteiger partial charge in [0.25, 0.3) is 0 Å². The topological polar surface area (TPSA) is 49.8 Å². The van der Waals surface area contributed by atoms with Crippen LogP contribution in [-0.2, 0) is 17.7 Å². The highest BCUT2D eigenvalue weighted by atomic mass is 16.5. The lowest BCUT2D eigenvalue weighted by Crippen LogP contribution is -2.30. The molecule has 3 rings (SSSR count). The van der Waals surface area contributed by atoms with Gasteiger partial charge in [0.15, 0.2) is 5.78 Å². The summed E-state index contributed by atoms with van der Waals surface area (Å²) < 4.78 is 5.83. The molecule has 36 heavy (non-hydrogen) atoms. The third-order valence-corrected chi connectivity index (χ3v) is 6.49. The van der Waals surface area contributed by atoms with Crippen molar-refractivity contribution in [2.75, 3.05) is 26.3 Å². The maximum absolute atomic E-state index is 12.9. The number of carbonyl (C=O) groups excluding carboxylic acids is 1. The fourth-order valence-electron chi connectivity index (χ4n) is 4.35. The summed E-state index contributed by atoms with van der Waals surface area (Å²) in [5, 5.41) is 9.77. The molecule has 0 aromatic heterocycles. The summed E-state index contributed by atoms with van der Waals surface area (Å²) in [6, 6.07) is 26.1. The molecule has 0 fully saturated rings. The highest BCUT2D eigenvalue weighted by Gasteiger charge is 2.14. The number of phenols is 1. The van der Waals surface area contributed by atoms with Crippen LogP contribution in [0, 0.1) is 6.92 Å². The number of phenolic OH excluding ortho intramolecular Hbond substituents is 1. The van der Waals surface area contributed by atoms with E-state index < -0.39 is 0 Å². The smallest absolute Gasteiger partial charge is 0.176 e. The fraction of sp³-hybridized carbons (Fsp3) is 0.406. The summed E-state index contributed by atoms with van der Waals surface area (Å²) in [6.45, 7) is 5.52. The predicted octanol–water partition coefficient (Wildman–Crippen LogP) is 6.99. The van der Waals surface area contributed by atoms with Gasteiger partial charge in [0.2, 0.25) is 0 Å². The van der Waals surface area contributed by atoms with Crippen molar-refractivity contribution in [3.05, 3.63) is 101 Å². The number of ether oxygens (including phenoxy) is 1. The van der Waals surface area contributed by atoms with Crippen LogP contribution < -0.4 is 0 Å². The molecular formula is C32H41NO3. The second-order valence-electron chi connectivity index (χ2n) is 9.59. The van der Waals surface area contributed by atoms with Gasteiger partial charge in [0.1, 0.15) is 5.75 Å². The van der Waals surface area contributed by atoms with Crippen LogP contribution >= 0.6 is 0 Å². The van der Waals surface area contributed by atoms with E-state index in [-0.39, 0.29) is 11.5 Å². The van der Waals surface area contributed by atoms with Crippen LogP contribution in [0.2, 0.25) is 0 Å². The van der Waals surface area contributed by atoms with Crippen LogP contribution in [0.4, 0.5) is 0 Å². The molecule has 3 aromatic carbocycles. The van der Waals surface area contributed by atoms with Crippen molar-refractivity contribution in [3.63, 3.8) is 0 Å². The average Bonchev–Trinajstić information content (AvgIpc) is 2.90. The van der Waals surface area contributed by atoms with Crippen LogP contribution in [0.15, 0.2) is 78.9 Å². The minimum atomic E-state index is 0.0923. The van der Waals surface area contributed by atoms with Gasteiger partial charge in [-0.2, -0.15) is 0 Å². The molecule has 0 bridgehead atoms. The molecule has 0 spiro atoms. The van der Waals surface area contributed by atoms with Crippen molar-refractivity contribution in [1.82, 2.24) is 4.90 Å². The molecule has 0 saturated carbocycles. The van der Waals surface area contributed by atoms with Crippen LogP contribution in [0.5, 0.6) is 5.75 Å². The Labute approximate surface area is 216 Å². The van der Waals surface area contributed by atoms with E-state index in [2.05, 4.69) is 47.4 Å². The van der Waals surface area contributed by atoms with Crippen LogP contribution in [0.1, 0.15) is 65.6 Å². The first-order valence-electron chi connectivity index (χ1n) is 13.3. The molecule has 3 aromatic rings. The molecule has 0 atom stereocenters. The van der Waals surface area contributed by atoms with Gasteiger partial charge >= 0.3 is 0 Å². The van der Waals surface area contributed by atoms with E-state index in [9.17, 15) is 9.90 Å². The van der Waals surface area contributed by atoms with Gasteiger partial charge in [-0.3, -0.25) is 9.69 Å². The molecule has 0 saturated heterocycles. The molecule has 192 valence electrons. The van der Waals surface area contributed by atoms with Gasteiger partial charge in [0.05, 0.1) is 6.54 Å². The Hall–Kier alpha value is -2.95. The Morgan fingerprint density at radius 3 is 2.11 bits per heavy atom. The zero-order valence-corrected chi connectivity index (χ0v) is 21.7. The molecule has 0 amide bonds.